The summed E-state index contributed by atoms with van der Waals surface area (Å²) in [6, 6.07) is 14.1. The minimum absolute atomic E-state index is 0.0486. The summed E-state index contributed by atoms with van der Waals surface area (Å²) in [5, 5.41) is 3.08. The monoisotopic (exact) mass is 324 g/mol. The van der Waals surface area contributed by atoms with Gasteiger partial charge in [0.15, 0.2) is 0 Å². The molecular weight excluding hydrogens is 300 g/mol. The number of rotatable bonds is 5. The van der Waals surface area contributed by atoms with Crippen molar-refractivity contribution in [3.8, 4) is 0 Å². The minimum atomic E-state index is -0.0486. The zero-order valence-corrected chi connectivity index (χ0v) is 14.1. The van der Waals surface area contributed by atoms with Crippen molar-refractivity contribution in [1.29, 1.82) is 0 Å². The maximum absolute atomic E-state index is 12.3. The van der Waals surface area contributed by atoms with Gasteiger partial charge in [-0.1, -0.05) is 30.3 Å². The fourth-order valence-corrected chi connectivity index (χ4v) is 3.06. The fraction of sp³-hybridized carbons (Fsp3) is 0.368. The quantitative estimate of drug-likeness (QED) is 0.911. The van der Waals surface area contributed by atoms with E-state index in [1.165, 1.54) is 5.56 Å². The lowest BCUT2D eigenvalue weighted by Crippen LogP contribution is -2.48. The van der Waals surface area contributed by atoms with E-state index in [4.69, 9.17) is 0 Å². The van der Waals surface area contributed by atoms with Crippen molar-refractivity contribution in [2.24, 2.45) is 0 Å². The number of likely N-dealkylation sites (N-methyl/N-ethyl adjacent to an activating group) is 1. The maximum Gasteiger partial charge on any atom is 0.251 e. The second-order valence-electron chi connectivity index (χ2n) is 6.21. The lowest BCUT2D eigenvalue weighted by molar-refractivity contribution is 0.0886. The summed E-state index contributed by atoms with van der Waals surface area (Å²) in [4.78, 5) is 21.1. The van der Waals surface area contributed by atoms with Gasteiger partial charge in [-0.15, -0.1) is 0 Å². The normalized spacial score (nSPS) is 17.4. The molecule has 0 aliphatic carbocycles. The van der Waals surface area contributed by atoms with Gasteiger partial charge in [0.2, 0.25) is 0 Å². The van der Waals surface area contributed by atoms with E-state index < -0.39 is 0 Å². The molecule has 2 heterocycles. The van der Waals surface area contributed by atoms with Crippen LogP contribution in [-0.2, 0) is 0 Å². The van der Waals surface area contributed by atoms with Crippen molar-refractivity contribution < 1.29 is 4.79 Å². The van der Waals surface area contributed by atoms with Gasteiger partial charge in [0.05, 0.1) is 6.04 Å². The third-order valence-electron chi connectivity index (χ3n) is 4.56. The number of piperazine rings is 1. The Balaban J connectivity index is 1.69. The lowest BCUT2D eigenvalue weighted by atomic mass is 10.0. The number of hydrogen-bond donors (Lipinski definition) is 1. The van der Waals surface area contributed by atoms with Crippen LogP contribution in [0.4, 0.5) is 0 Å². The molecule has 1 aromatic carbocycles. The van der Waals surface area contributed by atoms with Crippen LogP contribution < -0.4 is 5.32 Å². The Morgan fingerprint density at radius 2 is 1.75 bits per heavy atom. The van der Waals surface area contributed by atoms with Crippen LogP contribution in [0, 0.1) is 0 Å². The Labute approximate surface area is 143 Å². The Morgan fingerprint density at radius 1 is 1.08 bits per heavy atom. The summed E-state index contributed by atoms with van der Waals surface area (Å²) < 4.78 is 0. The van der Waals surface area contributed by atoms with Crippen LogP contribution in [0.15, 0.2) is 54.9 Å². The van der Waals surface area contributed by atoms with Crippen LogP contribution >= 0.6 is 0 Å². The number of nitrogens with zero attached hydrogens (tertiary/aromatic N) is 3. The summed E-state index contributed by atoms with van der Waals surface area (Å²) in [5.74, 6) is -0.0486. The molecule has 1 saturated heterocycles. The number of nitrogens with one attached hydrogen (secondary N) is 1. The molecule has 3 rings (SSSR count). The van der Waals surface area contributed by atoms with Gasteiger partial charge in [0.1, 0.15) is 0 Å². The summed E-state index contributed by atoms with van der Waals surface area (Å²) in [5.41, 5.74) is 1.90. The van der Waals surface area contributed by atoms with Crippen LogP contribution in [0.3, 0.4) is 0 Å². The van der Waals surface area contributed by atoms with Gasteiger partial charge in [0, 0.05) is 50.7 Å². The molecule has 1 amide bonds. The number of hydrogen-bond acceptors (Lipinski definition) is 4. The van der Waals surface area contributed by atoms with Gasteiger partial charge in [-0.3, -0.25) is 14.7 Å². The van der Waals surface area contributed by atoms with Crippen LogP contribution in [0.25, 0.3) is 0 Å². The van der Waals surface area contributed by atoms with E-state index in [1.807, 2.05) is 6.07 Å². The Morgan fingerprint density at radius 3 is 2.42 bits per heavy atom. The van der Waals surface area contributed by atoms with Gasteiger partial charge in [0.25, 0.3) is 5.91 Å². The first kappa shape index (κ1) is 16.6. The SMILES string of the molecule is CN1CCN(C(CNC(=O)c2ccncc2)c2ccccc2)CC1. The number of pyridine rings is 1. The average molecular weight is 324 g/mol. The number of carbonyl (C=O) groups excluding carboxylic acids is 1. The highest BCUT2D eigenvalue weighted by Gasteiger charge is 2.24. The van der Waals surface area contributed by atoms with Gasteiger partial charge in [-0.05, 0) is 24.7 Å². The van der Waals surface area contributed by atoms with Crippen molar-refractivity contribution in [3.05, 3.63) is 66.0 Å². The smallest absolute Gasteiger partial charge is 0.251 e. The largest absolute Gasteiger partial charge is 0.350 e. The van der Waals surface area contributed by atoms with E-state index in [0.717, 1.165) is 26.2 Å². The first-order valence-corrected chi connectivity index (χ1v) is 8.40. The first-order chi connectivity index (χ1) is 11.7. The van der Waals surface area contributed by atoms with E-state index in [0.29, 0.717) is 12.1 Å². The Kier molecular flexibility index (Phi) is 5.56. The van der Waals surface area contributed by atoms with Crippen molar-refractivity contribution in [2.75, 3.05) is 39.8 Å². The van der Waals surface area contributed by atoms with E-state index in [2.05, 4.69) is 51.4 Å². The molecule has 1 unspecified atom stereocenters. The van der Waals surface area contributed by atoms with Gasteiger partial charge in [-0.25, -0.2) is 0 Å². The number of carbonyl (C=O) groups is 1. The molecule has 24 heavy (non-hydrogen) atoms. The van der Waals surface area contributed by atoms with Crippen LogP contribution in [0.5, 0.6) is 0 Å². The molecule has 1 fully saturated rings. The Bertz CT molecular complexity index is 639. The molecule has 1 aliphatic heterocycles. The highest BCUT2D eigenvalue weighted by molar-refractivity contribution is 5.93. The summed E-state index contributed by atoms with van der Waals surface area (Å²) in [6.07, 6.45) is 3.29. The van der Waals surface area contributed by atoms with Crippen LogP contribution in [-0.4, -0.2) is 60.5 Å². The zero-order chi connectivity index (χ0) is 16.8. The van der Waals surface area contributed by atoms with Crippen molar-refractivity contribution >= 4 is 5.91 Å². The highest BCUT2D eigenvalue weighted by Crippen LogP contribution is 2.21. The van der Waals surface area contributed by atoms with Crippen LogP contribution in [0.1, 0.15) is 22.0 Å². The van der Waals surface area contributed by atoms with Gasteiger partial charge in [-0.2, -0.15) is 0 Å². The first-order valence-electron chi connectivity index (χ1n) is 8.40. The predicted molar refractivity (Wildman–Crippen MR) is 94.8 cm³/mol. The molecule has 5 heteroatoms. The van der Waals surface area contributed by atoms with E-state index in [9.17, 15) is 4.79 Å². The molecule has 1 aliphatic rings. The predicted octanol–water partition coefficient (Wildman–Crippen LogP) is 1.80. The maximum atomic E-state index is 12.3. The van der Waals surface area contributed by atoms with Crippen LogP contribution in [0.2, 0.25) is 0 Å². The molecule has 126 valence electrons. The molecule has 5 nitrogen and oxygen atoms in total. The molecule has 0 radical (unpaired) electrons. The molecule has 1 N–H and O–H groups in total. The highest BCUT2D eigenvalue weighted by atomic mass is 16.1. The summed E-state index contributed by atoms with van der Waals surface area (Å²) in [6.45, 7) is 4.75. The van der Waals surface area contributed by atoms with Gasteiger partial charge >= 0.3 is 0 Å². The third kappa shape index (κ3) is 4.19. The van der Waals surface area contributed by atoms with Crippen molar-refractivity contribution in [2.45, 2.75) is 6.04 Å². The number of aromatic nitrogens is 1. The molecule has 1 atom stereocenters. The fourth-order valence-electron chi connectivity index (χ4n) is 3.06. The second kappa shape index (κ2) is 8.04. The average Bonchev–Trinajstić information content (AvgIpc) is 2.65. The second-order valence-corrected chi connectivity index (χ2v) is 6.21. The Hall–Kier alpha value is -2.24. The van der Waals surface area contributed by atoms with E-state index in [1.54, 1.807) is 24.5 Å². The minimum Gasteiger partial charge on any atom is -0.350 e. The van der Waals surface area contributed by atoms with E-state index in [-0.39, 0.29) is 11.9 Å². The van der Waals surface area contributed by atoms with Crippen molar-refractivity contribution in [1.82, 2.24) is 20.1 Å². The topological polar surface area (TPSA) is 48.5 Å². The molecule has 2 aromatic rings. The zero-order valence-electron chi connectivity index (χ0n) is 14.1. The number of benzene rings is 1. The van der Waals surface area contributed by atoms with Crippen molar-refractivity contribution in [3.63, 3.8) is 0 Å². The third-order valence-corrected chi connectivity index (χ3v) is 4.56. The summed E-state index contributed by atoms with van der Waals surface area (Å²) >= 11 is 0. The standard InChI is InChI=1S/C19H24N4O/c1-22-11-13-23(14-12-22)18(16-5-3-2-4-6-16)15-21-19(24)17-7-9-20-10-8-17/h2-10,18H,11-15H2,1H3,(H,21,24). The molecular formula is C19H24N4O. The molecule has 0 spiro atoms. The van der Waals surface area contributed by atoms with E-state index >= 15 is 0 Å². The molecule has 1 aromatic heterocycles. The molecule has 0 bridgehead atoms. The van der Waals surface area contributed by atoms with Gasteiger partial charge < -0.3 is 10.2 Å². The lowest BCUT2D eigenvalue weighted by Gasteiger charge is -2.38. The molecule has 0 saturated carbocycles. The number of amides is 1. The summed E-state index contributed by atoms with van der Waals surface area (Å²) in [7, 11) is 2.15.